The molecule has 1 aliphatic rings. The first-order valence-corrected chi connectivity index (χ1v) is 10.0. The summed E-state index contributed by atoms with van der Waals surface area (Å²) in [7, 11) is -3.39. The smallest absolute Gasteiger partial charge is 0.238 e. The average Bonchev–Trinajstić information content (AvgIpc) is 2.55. The molecule has 1 amide bonds. The molecule has 1 unspecified atom stereocenters. The van der Waals surface area contributed by atoms with Gasteiger partial charge in [0.2, 0.25) is 5.91 Å². The van der Waals surface area contributed by atoms with Crippen LogP contribution in [0.15, 0.2) is 12.3 Å². The molecule has 24 heavy (non-hydrogen) atoms. The molecular weight excluding hydrogens is 332 g/mol. The topological polar surface area (TPSA) is 92.7 Å². The molecule has 2 heterocycles. The minimum Gasteiger partial charge on any atom is -0.377 e. The number of morpholine rings is 1. The number of carbonyl (C=O) groups excluding carboxylic acids is 1. The largest absolute Gasteiger partial charge is 0.377 e. The fourth-order valence-electron chi connectivity index (χ4n) is 2.67. The number of ether oxygens (including phenoxy) is 1. The molecule has 1 aliphatic heterocycles. The summed E-state index contributed by atoms with van der Waals surface area (Å²) >= 11 is 0. The number of carbonyl (C=O) groups is 1. The van der Waals surface area contributed by atoms with Crippen LogP contribution in [0.3, 0.4) is 0 Å². The molecule has 134 valence electrons. The Kier molecular flexibility index (Phi) is 6.11. The van der Waals surface area contributed by atoms with Gasteiger partial charge in [-0.2, -0.15) is 0 Å². The van der Waals surface area contributed by atoms with Crippen molar-refractivity contribution in [2.75, 3.05) is 49.8 Å². The standard InChI is InChI=1S/C15H24N4O4S/c1-4-18(5-2)13-6-7-16-15(17-13)12-10-23-9-8-19(12)14(20)11-24(3,21)22/h6-7,12H,4-5,8-11H2,1-3H3. The maximum atomic E-state index is 12.4. The van der Waals surface area contributed by atoms with E-state index in [1.807, 2.05) is 19.9 Å². The minimum absolute atomic E-state index is 0.261. The Morgan fingerprint density at radius 3 is 2.75 bits per heavy atom. The predicted molar refractivity (Wildman–Crippen MR) is 90.6 cm³/mol. The second-order valence-electron chi connectivity index (χ2n) is 5.69. The number of hydrogen-bond acceptors (Lipinski definition) is 7. The van der Waals surface area contributed by atoms with Crippen molar-refractivity contribution < 1.29 is 17.9 Å². The number of aromatic nitrogens is 2. The summed E-state index contributed by atoms with van der Waals surface area (Å²) in [5.41, 5.74) is 0. The van der Waals surface area contributed by atoms with E-state index < -0.39 is 27.5 Å². The van der Waals surface area contributed by atoms with Crippen LogP contribution in [-0.4, -0.2) is 74.0 Å². The van der Waals surface area contributed by atoms with Crippen LogP contribution in [0.25, 0.3) is 0 Å². The minimum atomic E-state index is -3.39. The highest BCUT2D eigenvalue weighted by molar-refractivity contribution is 7.91. The fourth-order valence-corrected chi connectivity index (χ4v) is 3.29. The van der Waals surface area contributed by atoms with E-state index in [1.54, 1.807) is 6.20 Å². The zero-order chi connectivity index (χ0) is 17.7. The summed E-state index contributed by atoms with van der Waals surface area (Å²) in [5.74, 6) is 0.300. The normalized spacial score (nSPS) is 18.5. The third-order valence-corrected chi connectivity index (χ3v) is 4.65. The maximum Gasteiger partial charge on any atom is 0.238 e. The second-order valence-corrected chi connectivity index (χ2v) is 7.83. The molecule has 8 nitrogen and oxygen atoms in total. The fraction of sp³-hybridized carbons (Fsp3) is 0.667. The molecule has 1 fully saturated rings. The Labute approximate surface area is 142 Å². The molecule has 0 aliphatic carbocycles. The number of amides is 1. The molecule has 0 saturated carbocycles. The van der Waals surface area contributed by atoms with E-state index in [1.165, 1.54) is 4.90 Å². The highest BCUT2D eigenvalue weighted by atomic mass is 32.2. The van der Waals surface area contributed by atoms with Crippen LogP contribution in [0.2, 0.25) is 0 Å². The molecule has 9 heteroatoms. The van der Waals surface area contributed by atoms with Crippen molar-refractivity contribution in [3.8, 4) is 0 Å². The van der Waals surface area contributed by atoms with Gasteiger partial charge in [0, 0.05) is 32.1 Å². The van der Waals surface area contributed by atoms with E-state index in [-0.39, 0.29) is 6.61 Å². The van der Waals surface area contributed by atoms with Gasteiger partial charge in [-0.25, -0.2) is 18.4 Å². The second kappa shape index (κ2) is 7.89. The monoisotopic (exact) mass is 356 g/mol. The molecule has 1 aromatic heterocycles. The van der Waals surface area contributed by atoms with Crippen molar-refractivity contribution in [2.45, 2.75) is 19.9 Å². The highest BCUT2D eigenvalue weighted by Crippen LogP contribution is 2.23. The molecule has 0 spiro atoms. The van der Waals surface area contributed by atoms with Gasteiger partial charge in [-0.15, -0.1) is 0 Å². The lowest BCUT2D eigenvalue weighted by atomic mass is 10.2. The van der Waals surface area contributed by atoms with Gasteiger partial charge in [0.25, 0.3) is 0 Å². The van der Waals surface area contributed by atoms with Crippen LogP contribution in [-0.2, 0) is 19.4 Å². The molecular formula is C15H24N4O4S. The van der Waals surface area contributed by atoms with Crippen molar-refractivity contribution >= 4 is 21.6 Å². The van der Waals surface area contributed by atoms with Gasteiger partial charge in [-0.3, -0.25) is 4.79 Å². The molecule has 0 bridgehead atoms. The maximum absolute atomic E-state index is 12.4. The first-order valence-electron chi connectivity index (χ1n) is 7.98. The number of rotatable bonds is 6. The van der Waals surface area contributed by atoms with Crippen LogP contribution in [0, 0.1) is 0 Å². The zero-order valence-corrected chi connectivity index (χ0v) is 15.1. The molecule has 0 radical (unpaired) electrons. The first-order chi connectivity index (χ1) is 11.4. The average molecular weight is 356 g/mol. The van der Waals surface area contributed by atoms with E-state index in [2.05, 4.69) is 14.9 Å². The summed E-state index contributed by atoms with van der Waals surface area (Å²) < 4.78 is 28.3. The summed E-state index contributed by atoms with van der Waals surface area (Å²) in [4.78, 5) is 24.8. The summed E-state index contributed by atoms with van der Waals surface area (Å²) in [6.07, 6.45) is 2.71. The molecule has 1 atom stereocenters. The van der Waals surface area contributed by atoms with Crippen LogP contribution < -0.4 is 4.90 Å². The van der Waals surface area contributed by atoms with Crippen LogP contribution in [0.4, 0.5) is 5.82 Å². The third-order valence-electron chi connectivity index (χ3n) is 3.88. The molecule has 1 aromatic rings. The van der Waals surface area contributed by atoms with E-state index >= 15 is 0 Å². The van der Waals surface area contributed by atoms with E-state index in [9.17, 15) is 13.2 Å². The predicted octanol–water partition coefficient (Wildman–Crippen LogP) is 0.267. The Balaban J connectivity index is 2.27. The van der Waals surface area contributed by atoms with E-state index in [0.29, 0.717) is 19.0 Å². The van der Waals surface area contributed by atoms with Crippen molar-refractivity contribution in [1.82, 2.24) is 14.9 Å². The molecule has 2 rings (SSSR count). The number of sulfone groups is 1. The molecule has 0 N–H and O–H groups in total. The summed E-state index contributed by atoms with van der Waals surface area (Å²) in [5, 5.41) is 0. The number of anilines is 1. The Hall–Kier alpha value is -1.74. The Bertz CT molecular complexity index is 676. The SMILES string of the molecule is CCN(CC)c1ccnc(C2COCCN2C(=O)CS(C)(=O)=O)n1. The number of hydrogen-bond donors (Lipinski definition) is 0. The Morgan fingerprint density at radius 2 is 2.12 bits per heavy atom. The van der Waals surface area contributed by atoms with Crippen molar-refractivity contribution in [3.63, 3.8) is 0 Å². The van der Waals surface area contributed by atoms with Crippen molar-refractivity contribution in [2.24, 2.45) is 0 Å². The lowest BCUT2D eigenvalue weighted by molar-refractivity contribution is -0.137. The lowest BCUT2D eigenvalue weighted by Gasteiger charge is -2.34. The molecule has 0 aromatic carbocycles. The lowest BCUT2D eigenvalue weighted by Crippen LogP contribution is -2.46. The van der Waals surface area contributed by atoms with Gasteiger partial charge in [0.15, 0.2) is 15.7 Å². The van der Waals surface area contributed by atoms with Gasteiger partial charge in [0.1, 0.15) is 17.6 Å². The summed E-state index contributed by atoms with van der Waals surface area (Å²) in [6.45, 7) is 6.67. The summed E-state index contributed by atoms with van der Waals surface area (Å²) in [6, 6.07) is 1.35. The zero-order valence-electron chi connectivity index (χ0n) is 14.3. The van der Waals surface area contributed by atoms with Gasteiger partial charge >= 0.3 is 0 Å². The van der Waals surface area contributed by atoms with Gasteiger partial charge < -0.3 is 14.5 Å². The third kappa shape index (κ3) is 4.64. The van der Waals surface area contributed by atoms with E-state index in [4.69, 9.17) is 4.74 Å². The van der Waals surface area contributed by atoms with Gasteiger partial charge in [-0.05, 0) is 19.9 Å². The highest BCUT2D eigenvalue weighted by Gasteiger charge is 2.32. The quantitative estimate of drug-likeness (QED) is 0.722. The van der Waals surface area contributed by atoms with Gasteiger partial charge in [-0.1, -0.05) is 0 Å². The van der Waals surface area contributed by atoms with E-state index in [0.717, 1.165) is 25.2 Å². The molecule has 1 saturated heterocycles. The van der Waals surface area contributed by atoms with Crippen LogP contribution in [0.1, 0.15) is 25.7 Å². The van der Waals surface area contributed by atoms with Crippen molar-refractivity contribution in [1.29, 1.82) is 0 Å². The Morgan fingerprint density at radius 1 is 1.42 bits per heavy atom. The number of nitrogens with zero attached hydrogens (tertiary/aromatic N) is 4. The van der Waals surface area contributed by atoms with Crippen LogP contribution >= 0.6 is 0 Å². The first kappa shape index (κ1) is 18.6. The van der Waals surface area contributed by atoms with Crippen molar-refractivity contribution in [3.05, 3.63) is 18.1 Å². The van der Waals surface area contributed by atoms with Crippen LogP contribution in [0.5, 0.6) is 0 Å². The van der Waals surface area contributed by atoms with Gasteiger partial charge in [0.05, 0.1) is 13.2 Å².